The summed E-state index contributed by atoms with van der Waals surface area (Å²) >= 11 is 0. The molecule has 1 heterocycles. The Kier molecular flexibility index (Phi) is 5.94. The summed E-state index contributed by atoms with van der Waals surface area (Å²) in [4.78, 5) is 12.7. The van der Waals surface area contributed by atoms with Gasteiger partial charge in [0.1, 0.15) is 29.4 Å². The Labute approximate surface area is 181 Å². The highest BCUT2D eigenvalue weighted by molar-refractivity contribution is 6.11. The molecule has 0 fully saturated rings. The van der Waals surface area contributed by atoms with Gasteiger partial charge in [-0.05, 0) is 61.9 Å². The van der Waals surface area contributed by atoms with Crippen LogP contribution in [0.25, 0.3) is 22.3 Å². The first kappa shape index (κ1) is 20.5. The summed E-state index contributed by atoms with van der Waals surface area (Å²) in [5, 5.41) is 3.43. The minimum Gasteiger partial charge on any atom is -0.491 e. The highest BCUT2D eigenvalue weighted by Gasteiger charge is 2.22. The molecule has 1 N–H and O–H groups in total. The smallest absolute Gasteiger partial charge is 0.255 e. The molecule has 1 amide bonds. The molecule has 0 bridgehead atoms. The lowest BCUT2D eigenvalue weighted by molar-refractivity contribution is 0.0964. The molecule has 1 aromatic heterocycles. The van der Waals surface area contributed by atoms with Gasteiger partial charge in [0.25, 0.3) is 5.91 Å². The van der Waals surface area contributed by atoms with Crippen LogP contribution < -0.4 is 14.8 Å². The zero-order chi connectivity index (χ0) is 21.8. The standard InChI is InChI=1S/C26H25NO4/c1-17(2)30-21-13-14-23-22(15-21)24(26(28)27-3)25(31-23)19-9-11-20(12-10-19)29-16-18-7-5-4-6-8-18/h4-15,17H,16H2,1-3H3,(H,27,28). The summed E-state index contributed by atoms with van der Waals surface area (Å²) in [6.45, 7) is 4.42. The molecule has 158 valence electrons. The van der Waals surface area contributed by atoms with E-state index < -0.39 is 0 Å². The molecule has 0 spiro atoms. The lowest BCUT2D eigenvalue weighted by Gasteiger charge is -2.09. The van der Waals surface area contributed by atoms with Gasteiger partial charge in [-0.15, -0.1) is 0 Å². The fraction of sp³-hybridized carbons (Fsp3) is 0.192. The summed E-state index contributed by atoms with van der Waals surface area (Å²) in [7, 11) is 1.61. The van der Waals surface area contributed by atoms with E-state index in [0.717, 1.165) is 22.3 Å². The lowest BCUT2D eigenvalue weighted by atomic mass is 10.0. The Morgan fingerprint density at radius 2 is 1.68 bits per heavy atom. The molecule has 0 aliphatic heterocycles. The fourth-order valence-corrected chi connectivity index (χ4v) is 3.42. The second kappa shape index (κ2) is 8.96. The number of hydrogen-bond acceptors (Lipinski definition) is 4. The van der Waals surface area contributed by atoms with Crippen molar-refractivity contribution in [2.45, 2.75) is 26.6 Å². The van der Waals surface area contributed by atoms with E-state index in [2.05, 4.69) is 5.32 Å². The average molecular weight is 415 g/mol. The maximum Gasteiger partial charge on any atom is 0.255 e. The van der Waals surface area contributed by atoms with Crippen molar-refractivity contribution >= 4 is 16.9 Å². The molecule has 0 aliphatic rings. The van der Waals surface area contributed by atoms with Gasteiger partial charge < -0.3 is 19.2 Å². The number of fused-ring (bicyclic) bond motifs is 1. The van der Waals surface area contributed by atoms with Crippen molar-refractivity contribution in [2.24, 2.45) is 0 Å². The van der Waals surface area contributed by atoms with Crippen LogP contribution in [0.3, 0.4) is 0 Å². The molecule has 0 atom stereocenters. The molecule has 0 saturated heterocycles. The van der Waals surface area contributed by atoms with Crippen LogP contribution in [-0.2, 0) is 6.61 Å². The molecule has 31 heavy (non-hydrogen) atoms. The van der Waals surface area contributed by atoms with Gasteiger partial charge in [0.05, 0.1) is 11.7 Å². The SMILES string of the molecule is CNC(=O)c1c(-c2ccc(OCc3ccccc3)cc2)oc2ccc(OC(C)C)cc12. The largest absolute Gasteiger partial charge is 0.491 e. The zero-order valence-electron chi connectivity index (χ0n) is 17.8. The Bertz CT molecular complexity index is 1180. The van der Waals surface area contributed by atoms with Gasteiger partial charge in [-0.3, -0.25) is 4.79 Å². The molecule has 3 aromatic carbocycles. The average Bonchev–Trinajstić information content (AvgIpc) is 3.16. The molecular formula is C26H25NO4. The van der Waals surface area contributed by atoms with Crippen LogP contribution >= 0.6 is 0 Å². The molecule has 4 aromatic rings. The Morgan fingerprint density at radius 1 is 0.968 bits per heavy atom. The van der Waals surface area contributed by atoms with Crippen LogP contribution in [0, 0.1) is 0 Å². The highest BCUT2D eigenvalue weighted by atomic mass is 16.5. The van der Waals surface area contributed by atoms with Crippen LogP contribution in [0.15, 0.2) is 77.2 Å². The Hall–Kier alpha value is -3.73. The van der Waals surface area contributed by atoms with E-state index in [1.807, 2.05) is 86.6 Å². The maximum atomic E-state index is 12.7. The molecule has 0 radical (unpaired) electrons. The third-order valence-electron chi connectivity index (χ3n) is 4.85. The van der Waals surface area contributed by atoms with Crippen molar-refractivity contribution in [1.29, 1.82) is 0 Å². The summed E-state index contributed by atoms with van der Waals surface area (Å²) in [5.74, 6) is 1.76. The summed E-state index contributed by atoms with van der Waals surface area (Å²) in [5.41, 5.74) is 3.03. The van der Waals surface area contributed by atoms with E-state index >= 15 is 0 Å². The van der Waals surface area contributed by atoms with Crippen LogP contribution in [0.1, 0.15) is 29.8 Å². The van der Waals surface area contributed by atoms with Crippen LogP contribution in [0.5, 0.6) is 11.5 Å². The maximum absolute atomic E-state index is 12.7. The second-order valence-electron chi connectivity index (χ2n) is 7.51. The second-order valence-corrected chi connectivity index (χ2v) is 7.51. The van der Waals surface area contributed by atoms with E-state index in [-0.39, 0.29) is 12.0 Å². The van der Waals surface area contributed by atoms with Crippen molar-refractivity contribution in [1.82, 2.24) is 5.32 Å². The first-order valence-corrected chi connectivity index (χ1v) is 10.3. The summed E-state index contributed by atoms with van der Waals surface area (Å²) in [6.07, 6.45) is 0.0377. The molecule has 0 aliphatic carbocycles. The van der Waals surface area contributed by atoms with Crippen LogP contribution in [0.4, 0.5) is 0 Å². The first-order valence-electron chi connectivity index (χ1n) is 10.3. The number of ether oxygens (including phenoxy) is 2. The van der Waals surface area contributed by atoms with Crippen LogP contribution in [0.2, 0.25) is 0 Å². The molecule has 0 unspecified atom stereocenters. The van der Waals surface area contributed by atoms with Gasteiger partial charge >= 0.3 is 0 Å². The molecule has 5 nitrogen and oxygen atoms in total. The number of benzene rings is 3. The van der Waals surface area contributed by atoms with E-state index in [1.54, 1.807) is 7.05 Å². The van der Waals surface area contributed by atoms with Crippen molar-refractivity contribution in [2.75, 3.05) is 7.05 Å². The third kappa shape index (κ3) is 4.56. The number of carbonyl (C=O) groups excluding carboxylic acids is 1. The minimum absolute atomic E-state index is 0.0377. The van der Waals surface area contributed by atoms with Crippen molar-refractivity contribution < 1.29 is 18.7 Å². The first-order chi connectivity index (χ1) is 15.0. The molecular weight excluding hydrogens is 390 g/mol. The lowest BCUT2D eigenvalue weighted by Crippen LogP contribution is -2.18. The molecule has 4 rings (SSSR count). The van der Waals surface area contributed by atoms with Gasteiger partial charge in [-0.1, -0.05) is 30.3 Å². The topological polar surface area (TPSA) is 60.7 Å². The third-order valence-corrected chi connectivity index (χ3v) is 4.85. The number of rotatable bonds is 7. The number of amides is 1. The predicted molar refractivity (Wildman–Crippen MR) is 122 cm³/mol. The van der Waals surface area contributed by atoms with E-state index in [0.29, 0.717) is 29.3 Å². The molecule has 5 heteroatoms. The van der Waals surface area contributed by atoms with Crippen LogP contribution in [-0.4, -0.2) is 19.1 Å². The van der Waals surface area contributed by atoms with E-state index in [1.165, 1.54) is 0 Å². The number of furan rings is 1. The number of hydrogen-bond donors (Lipinski definition) is 1. The monoisotopic (exact) mass is 415 g/mol. The summed E-state index contributed by atoms with van der Waals surface area (Å²) in [6, 6.07) is 23.1. The van der Waals surface area contributed by atoms with Crippen molar-refractivity contribution in [3.05, 3.63) is 83.9 Å². The van der Waals surface area contributed by atoms with E-state index in [4.69, 9.17) is 13.9 Å². The van der Waals surface area contributed by atoms with Crippen molar-refractivity contribution in [3.8, 4) is 22.8 Å². The van der Waals surface area contributed by atoms with E-state index in [9.17, 15) is 4.79 Å². The summed E-state index contributed by atoms with van der Waals surface area (Å²) < 4.78 is 17.7. The normalized spacial score (nSPS) is 11.0. The van der Waals surface area contributed by atoms with Gasteiger partial charge in [0, 0.05) is 18.0 Å². The molecule has 0 saturated carbocycles. The number of carbonyl (C=O) groups is 1. The van der Waals surface area contributed by atoms with Gasteiger partial charge in [-0.25, -0.2) is 0 Å². The highest BCUT2D eigenvalue weighted by Crippen LogP contribution is 2.36. The Balaban J connectivity index is 1.65. The van der Waals surface area contributed by atoms with Gasteiger partial charge in [-0.2, -0.15) is 0 Å². The Morgan fingerprint density at radius 3 is 2.35 bits per heavy atom. The fourth-order valence-electron chi connectivity index (χ4n) is 3.42. The predicted octanol–water partition coefficient (Wildman–Crippen LogP) is 5.83. The van der Waals surface area contributed by atoms with Gasteiger partial charge in [0.15, 0.2) is 0 Å². The minimum atomic E-state index is -0.208. The van der Waals surface area contributed by atoms with Crippen molar-refractivity contribution in [3.63, 3.8) is 0 Å². The quantitative estimate of drug-likeness (QED) is 0.413. The number of nitrogens with one attached hydrogen (secondary N) is 1. The zero-order valence-corrected chi connectivity index (χ0v) is 17.8. The van der Waals surface area contributed by atoms with Gasteiger partial charge in [0.2, 0.25) is 0 Å².